The number of benzene rings is 2. The number of carbonyl (C=O) groups is 1. The topological polar surface area (TPSA) is 29.5 Å². The number of fused-ring (bicyclic) bond motifs is 1. The lowest BCUT2D eigenvalue weighted by molar-refractivity contribution is -0.120. The predicted octanol–water partition coefficient (Wildman–Crippen LogP) is 4.17. The normalized spacial score (nSPS) is 13.8. The zero-order valence-corrected chi connectivity index (χ0v) is 13.8. The minimum absolute atomic E-state index is 0.0238. The van der Waals surface area contributed by atoms with Crippen LogP contribution in [-0.4, -0.2) is 19.1 Å². The summed E-state index contributed by atoms with van der Waals surface area (Å²) >= 11 is 0. The number of ether oxygens (including phenoxy) is 1. The van der Waals surface area contributed by atoms with Crippen LogP contribution in [0.3, 0.4) is 0 Å². The number of hydrogen-bond acceptors (Lipinski definition) is 2. The van der Waals surface area contributed by atoms with E-state index in [-0.39, 0.29) is 12.5 Å². The minimum Gasteiger partial charge on any atom is -0.483 e. The molecular formula is C20H23NO2. The Hall–Kier alpha value is -2.29. The summed E-state index contributed by atoms with van der Waals surface area (Å²) < 4.78 is 5.84. The van der Waals surface area contributed by atoms with Gasteiger partial charge in [-0.2, -0.15) is 0 Å². The predicted molar refractivity (Wildman–Crippen MR) is 93.1 cm³/mol. The second-order valence-electron chi connectivity index (χ2n) is 6.26. The van der Waals surface area contributed by atoms with Gasteiger partial charge in [-0.1, -0.05) is 50.2 Å². The maximum absolute atomic E-state index is 12.6. The molecule has 0 aromatic heterocycles. The third kappa shape index (κ3) is 3.39. The van der Waals surface area contributed by atoms with Crippen molar-refractivity contribution < 1.29 is 9.53 Å². The van der Waals surface area contributed by atoms with Crippen LogP contribution in [0.2, 0.25) is 0 Å². The molecule has 0 bridgehead atoms. The molecule has 120 valence electrons. The number of para-hydroxylation sites is 2. The van der Waals surface area contributed by atoms with Crippen molar-refractivity contribution in [3.63, 3.8) is 0 Å². The lowest BCUT2D eigenvalue weighted by Gasteiger charge is -2.29. The zero-order chi connectivity index (χ0) is 16.2. The van der Waals surface area contributed by atoms with Gasteiger partial charge in [-0.15, -0.1) is 0 Å². The van der Waals surface area contributed by atoms with Gasteiger partial charge in [0.25, 0.3) is 5.91 Å². The summed E-state index contributed by atoms with van der Waals surface area (Å²) in [6.45, 7) is 5.11. The summed E-state index contributed by atoms with van der Waals surface area (Å²) in [5, 5.41) is 0. The highest BCUT2D eigenvalue weighted by atomic mass is 16.5. The molecule has 3 rings (SSSR count). The molecule has 3 nitrogen and oxygen atoms in total. The highest BCUT2D eigenvalue weighted by molar-refractivity contribution is 5.95. The van der Waals surface area contributed by atoms with Crippen molar-refractivity contribution >= 4 is 11.6 Å². The van der Waals surface area contributed by atoms with Crippen LogP contribution in [0, 0.1) is 0 Å². The fraction of sp³-hybridized carbons (Fsp3) is 0.350. The molecule has 0 fully saturated rings. The first kappa shape index (κ1) is 15.6. The monoisotopic (exact) mass is 309 g/mol. The van der Waals surface area contributed by atoms with Gasteiger partial charge >= 0.3 is 0 Å². The number of anilines is 1. The van der Waals surface area contributed by atoms with Gasteiger partial charge < -0.3 is 9.64 Å². The van der Waals surface area contributed by atoms with E-state index >= 15 is 0 Å². The molecule has 0 aliphatic carbocycles. The van der Waals surface area contributed by atoms with Gasteiger partial charge in [0.1, 0.15) is 5.75 Å². The first-order valence-electron chi connectivity index (χ1n) is 8.27. The Bertz CT molecular complexity index is 694. The van der Waals surface area contributed by atoms with Gasteiger partial charge in [-0.05, 0) is 42.0 Å². The minimum atomic E-state index is 0.0238. The maximum atomic E-state index is 12.6. The Morgan fingerprint density at radius 3 is 2.70 bits per heavy atom. The van der Waals surface area contributed by atoms with Crippen molar-refractivity contribution in [2.24, 2.45) is 0 Å². The standard InChI is InChI=1S/C20H23NO2/c1-15(2)17-10-4-6-12-19(17)23-14-20(22)21-13-7-9-16-8-3-5-11-18(16)21/h3-6,8,10-12,15H,7,9,13-14H2,1-2H3. The second-order valence-corrected chi connectivity index (χ2v) is 6.26. The Kier molecular flexibility index (Phi) is 4.65. The molecule has 2 aromatic carbocycles. The molecule has 0 unspecified atom stereocenters. The van der Waals surface area contributed by atoms with Gasteiger partial charge in [0.2, 0.25) is 0 Å². The van der Waals surface area contributed by atoms with Crippen LogP contribution in [-0.2, 0) is 11.2 Å². The summed E-state index contributed by atoms with van der Waals surface area (Å²) in [7, 11) is 0. The lowest BCUT2D eigenvalue weighted by Crippen LogP contribution is -2.38. The SMILES string of the molecule is CC(C)c1ccccc1OCC(=O)N1CCCc2ccccc21. The van der Waals surface area contributed by atoms with E-state index in [1.165, 1.54) is 5.56 Å². The van der Waals surface area contributed by atoms with Gasteiger partial charge in [-0.25, -0.2) is 0 Å². The van der Waals surface area contributed by atoms with E-state index in [1.807, 2.05) is 41.3 Å². The number of rotatable bonds is 4. The molecule has 2 aromatic rings. The van der Waals surface area contributed by atoms with Crippen LogP contribution >= 0.6 is 0 Å². The Labute approximate surface area is 137 Å². The van der Waals surface area contributed by atoms with Crippen LogP contribution in [0.5, 0.6) is 5.75 Å². The molecule has 0 N–H and O–H groups in total. The smallest absolute Gasteiger partial charge is 0.264 e. The van der Waals surface area contributed by atoms with Crippen molar-refractivity contribution in [1.82, 2.24) is 0 Å². The summed E-state index contributed by atoms with van der Waals surface area (Å²) in [5.74, 6) is 1.20. The molecule has 0 radical (unpaired) electrons. The highest BCUT2D eigenvalue weighted by Crippen LogP contribution is 2.28. The van der Waals surface area contributed by atoms with Gasteiger partial charge in [0.05, 0.1) is 0 Å². The third-order valence-corrected chi connectivity index (χ3v) is 4.30. The Morgan fingerprint density at radius 1 is 1.13 bits per heavy atom. The Balaban J connectivity index is 1.72. The molecule has 1 aliphatic rings. The molecule has 0 spiro atoms. The van der Waals surface area contributed by atoms with E-state index in [4.69, 9.17) is 4.74 Å². The molecule has 3 heteroatoms. The average Bonchev–Trinajstić information content (AvgIpc) is 2.59. The van der Waals surface area contributed by atoms with E-state index in [0.29, 0.717) is 5.92 Å². The molecule has 1 amide bonds. The number of carbonyl (C=O) groups excluding carboxylic acids is 1. The highest BCUT2D eigenvalue weighted by Gasteiger charge is 2.22. The number of aryl methyl sites for hydroxylation is 1. The summed E-state index contributed by atoms with van der Waals surface area (Å²) in [4.78, 5) is 14.5. The van der Waals surface area contributed by atoms with E-state index in [1.54, 1.807) is 0 Å². The van der Waals surface area contributed by atoms with E-state index in [9.17, 15) is 4.79 Å². The number of hydrogen-bond donors (Lipinski definition) is 0. The van der Waals surface area contributed by atoms with Crippen LogP contribution in [0.1, 0.15) is 37.3 Å². The van der Waals surface area contributed by atoms with Crippen LogP contribution in [0.15, 0.2) is 48.5 Å². The van der Waals surface area contributed by atoms with Crippen molar-refractivity contribution in [3.8, 4) is 5.75 Å². The van der Waals surface area contributed by atoms with Crippen LogP contribution in [0.25, 0.3) is 0 Å². The van der Waals surface area contributed by atoms with E-state index < -0.39 is 0 Å². The lowest BCUT2D eigenvalue weighted by atomic mass is 10.0. The van der Waals surface area contributed by atoms with Crippen molar-refractivity contribution in [3.05, 3.63) is 59.7 Å². The largest absolute Gasteiger partial charge is 0.483 e. The summed E-state index contributed by atoms with van der Waals surface area (Å²) in [6, 6.07) is 16.1. The molecule has 1 aliphatic heterocycles. The first-order valence-corrected chi connectivity index (χ1v) is 8.27. The van der Waals surface area contributed by atoms with Crippen LogP contribution in [0.4, 0.5) is 5.69 Å². The molecule has 1 heterocycles. The van der Waals surface area contributed by atoms with Crippen molar-refractivity contribution in [2.45, 2.75) is 32.6 Å². The fourth-order valence-corrected chi connectivity index (χ4v) is 3.10. The zero-order valence-electron chi connectivity index (χ0n) is 13.8. The summed E-state index contributed by atoms with van der Waals surface area (Å²) in [6.07, 6.45) is 2.04. The average molecular weight is 309 g/mol. The summed E-state index contributed by atoms with van der Waals surface area (Å²) in [5.41, 5.74) is 3.42. The number of nitrogens with zero attached hydrogens (tertiary/aromatic N) is 1. The van der Waals surface area contributed by atoms with E-state index in [2.05, 4.69) is 26.0 Å². The number of amides is 1. The fourth-order valence-electron chi connectivity index (χ4n) is 3.10. The second kappa shape index (κ2) is 6.86. The van der Waals surface area contributed by atoms with E-state index in [0.717, 1.165) is 36.4 Å². The van der Waals surface area contributed by atoms with Gasteiger partial charge in [0, 0.05) is 12.2 Å². The molecular weight excluding hydrogens is 286 g/mol. The molecule has 23 heavy (non-hydrogen) atoms. The molecule has 0 atom stereocenters. The van der Waals surface area contributed by atoms with Gasteiger partial charge in [0.15, 0.2) is 6.61 Å². The molecule has 0 saturated carbocycles. The van der Waals surface area contributed by atoms with Crippen molar-refractivity contribution in [1.29, 1.82) is 0 Å². The maximum Gasteiger partial charge on any atom is 0.264 e. The third-order valence-electron chi connectivity index (χ3n) is 4.30. The Morgan fingerprint density at radius 2 is 1.87 bits per heavy atom. The van der Waals surface area contributed by atoms with Crippen LogP contribution < -0.4 is 9.64 Å². The first-order chi connectivity index (χ1) is 11.2. The quantitative estimate of drug-likeness (QED) is 0.848. The van der Waals surface area contributed by atoms with Crippen molar-refractivity contribution in [2.75, 3.05) is 18.1 Å². The molecule has 0 saturated heterocycles. The van der Waals surface area contributed by atoms with Gasteiger partial charge in [-0.3, -0.25) is 4.79 Å².